The molecule has 1 aromatic rings. The molecule has 124 valence electrons. The lowest BCUT2D eigenvalue weighted by molar-refractivity contribution is -0.132. The highest BCUT2D eigenvalue weighted by molar-refractivity contribution is 5.85. The molecule has 0 aliphatic carbocycles. The fourth-order valence-corrected chi connectivity index (χ4v) is 2.54. The van der Waals surface area contributed by atoms with Crippen molar-refractivity contribution in [2.75, 3.05) is 33.9 Å². The van der Waals surface area contributed by atoms with E-state index >= 15 is 0 Å². The van der Waals surface area contributed by atoms with Gasteiger partial charge in [0.25, 0.3) is 0 Å². The molecule has 0 aromatic heterocycles. The van der Waals surface area contributed by atoms with Crippen LogP contribution in [0, 0.1) is 0 Å². The molecule has 1 unspecified atom stereocenters. The number of carbonyl (C=O) groups is 1. The number of rotatable bonds is 7. The van der Waals surface area contributed by atoms with Crippen LogP contribution in [0.25, 0.3) is 0 Å². The molecular formula is C16H25ClN2O3. The summed E-state index contributed by atoms with van der Waals surface area (Å²) in [6.45, 7) is 2.38. The van der Waals surface area contributed by atoms with Gasteiger partial charge in [0.2, 0.25) is 5.91 Å². The van der Waals surface area contributed by atoms with E-state index in [-0.39, 0.29) is 24.4 Å². The van der Waals surface area contributed by atoms with E-state index in [0.717, 1.165) is 30.8 Å². The number of methoxy groups -OCH3 is 1. The van der Waals surface area contributed by atoms with Crippen molar-refractivity contribution in [2.24, 2.45) is 0 Å². The summed E-state index contributed by atoms with van der Waals surface area (Å²) < 4.78 is 10.9. The summed E-state index contributed by atoms with van der Waals surface area (Å²) in [5, 5.41) is 2.92. The average molecular weight is 329 g/mol. The third-order valence-electron chi connectivity index (χ3n) is 3.64. The van der Waals surface area contributed by atoms with E-state index in [1.54, 1.807) is 14.2 Å². The molecule has 1 aliphatic heterocycles. The molecule has 1 atom stereocenters. The monoisotopic (exact) mass is 328 g/mol. The molecule has 1 heterocycles. The molecule has 0 spiro atoms. The standard InChI is InChI=1S/C16H24N2O3.ClH/c1-17-10-16(19)18(12-15-7-4-8-21-15)11-13-5-3-6-14(9-13)20-2;/h3,5-6,9,15,17H,4,7-8,10-12H2,1-2H3;1H. The van der Waals surface area contributed by atoms with E-state index in [1.807, 2.05) is 29.2 Å². The van der Waals surface area contributed by atoms with E-state index in [9.17, 15) is 4.79 Å². The Labute approximate surface area is 138 Å². The molecule has 1 amide bonds. The van der Waals surface area contributed by atoms with Crippen molar-refractivity contribution < 1.29 is 14.3 Å². The first-order valence-corrected chi connectivity index (χ1v) is 7.40. The number of likely N-dealkylation sites (N-methyl/N-ethyl adjacent to an activating group) is 1. The molecule has 1 saturated heterocycles. The topological polar surface area (TPSA) is 50.8 Å². The van der Waals surface area contributed by atoms with Gasteiger partial charge in [0, 0.05) is 19.7 Å². The van der Waals surface area contributed by atoms with Gasteiger partial charge in [0.05, 0.1) is 19.8 Å². The van der Waals surface area contributed by atoms with Crippen molar-refractivity contribution >= 4 is 18.3 Å². The predicted molar refractivity (Wildman–Crippen MR) is 88.6 cm³/mol. The molecule has 0 radical (unpaired) electrons. The summed E-state index contributed by atoms with van der Waals surface area (Å²) in [6.07, 6.45) is 2.27. The quantitative estimate of drug-likeness (QED) is 0.830. The van der Waals surface area contributed by atoms with Crippen LogP contribution < -0.4 is 10.1 Å². The van der Waals surface area contributed by atoms with Crippen molar-refractivity contribution in [2.45, 2.75) is 25.5 Å². The summed E-state index contributed by atoms with van der Waals surface area (Å²) in [4.78, 5) is 14.1. The number of carbonyl (C=O) groups excluding carboxylic acids is 1. The zero-order valence-electron chi connectivity index (χ0n) is 13.2. The summed E-state index contributed by atoms with van der Waals surface area (Å²) in [5.74, 6) is 0.904. The molecule has 0 bridgehead atoms. The van der Waals surface area contributed by atoms with Gasteiger partial charge in [-0.05, 0) is 37.6 Å². The highest BCUT2D eigenvalue weighted by Crippen LogP contribution is 2.17. The molecule has 1 aliphatic rings. The summed E-state index contributed by atoms with van der Waals surface area (Å²) >= 11 is 0. The molecule has 0 saturated carbocycles. The number of amides is 1. The highest BCUT2D eigenvalue weighted by atomic mass is 35.5. The lowest BCUT2D eigenvalue weighted by atomic mass is 10.1. The Bertz CT molecular complexity index is 464. The van der Waals surface area contributed by atoms with Crippen molar-refractivity contribution in [3.63, 3.8) is 0 Å². The summed E-state index contributed by atoms with van der Waals surface area (Å²) in [6, 6.07) is 7.83. The molecule has 2 rings (SSSR count). The number of hydrogen-bond acceptors (Lipinski definition) is 4. The molecule has 6 heteroatoms. The Hall–Kier alpha value is -1.30. The third kappa shape index (κ3) is 5.48. The van der Waals surface area contributed by atoms with Gasteiger partial charge < -0.3 is 19.7 Å². The van der Waals surface area contributed by atoms with Crippen LogP contribution in [-0.4, -0.2) is 50.8 Å². The summed E-state index contributed by atoms with van der Waals surface area (Å²) in [5.41, 5.74) is 1.07. The highest BCUT2D eigenvalue weighted by Gasteiger charge is 2.22. The SMILES string of the molecule is CNCC(=O)N(Cc1cccc(OC)c1)CC1CCCO1.Cl. The van der Waals surface area contributed by atoms with Crippen LogP contribution in [0.4, 0.5) is 0 Å². The zero-order chi connectivity index (χ0) is 15.1. The van der Waals surface area contributed by atoms with Crippen LogP contribution in [0.5, 0.6) is 5.75 Å². The number of benzene rings is 1. The van der Waals surface area contributed by atoms with Crippen molar-refractivity contribution in [1.82, 2.24) is 10.2 Å². The van der Waals surface area contributed by atoms with E-state index in [0.29, 0.717) is 19.6 Å². The van der Waals surface area contributed by atoms with Crippen LogP contribution in [0.15, 0.2) is 24.3 Å². The molecule has 22 heavy (non-hydrogen) atoms. The Morgan fingerprint density at radius 2 is 2.32 bits per heavy atom. The largest absolute Gasteiger partial charge is 0.497 e. The maximum Gasteiger partial charge on any atom is 0.236 e. The number of halogens is 1. The van der Waals surface area contributed by atoms with Gasteiger partial charge in [-0.15, -0.1) is 12.4 Å². The smallest absolute Gasteiger partial charge is 0.236 e. The predicted octanol–water partition coefficient (Wildman–Crippen LogP) is 1.84. The van der Waals surface area contributed by atoms with E-state index in [4.69, 9.17) is 9.47 Å². The van der Waals surface area contributed by atoms with Gasteiger partial charge in [0.1, 0.15) is 5.75 Å². The fraction of sp³-hybridized carbons (Fsp3) is 0.562. The van der Waals surface area contributed by atoms with Gasteiger partial charge >= 0.3 is 0 Å². The van der Waals surface area contributed by atoms with Gasteiger partial charge in [0.15, 0.2) is 0 Å². The maximum atomic E-state index is 12.3. The fourth-order valence-electron chi connectivity index (χ4n) is 2.54. The van der Waals surface area contributed by atoms with Gasteiger partial charge in [-0.2, -0.15) is 0 Å². The molecular weight excluding hydrogens is 304 g/mol. The lowest BCUT2D eigenvalue weighted by Gasteiger charge is -2.25. The van der Waals surface area contributed by atoms with Gasteiger partial charge in [-0.3, -0.25) is 4.79 Å². The molecule has 1 fully saturated rings. The number of nitrogens with zero attached hydrogens (tertiary/aromatic N) is 1. The minimum atomic E-state index is 0. The lowest BCUT2D eigenvalue weighted by Crippen LogP contribution is -2.41. The van der Waals surface area contributed by atoms with E-state index in [1.165, 1.54) is 0 Å². The third-order valence-corrected chi connectivity index (χ3v) is 3.64. The Kier molecular flexibility index (Phi) is 8.24. The Morgan fingerprint density at radius 3 is 2.95 bits per heavy atom. The second kappa shape index (κ2) is 9.66. The average Bonchev–Trinajstić information content (AvgIpc) is 3.00. The van der Waals surface area contributed by atoms with Crippen LogP contribution >= 0.6 is 12.4 Å². The second-order valence-electron chi connectivity index (χ2n) is 5.29. The van der Waals surface area contributed by atoms with E-state index < -0.39 is 0 Å². The minimum absolute atomic E-state index is 0. The van der Waals surface area contributed by atoms with Crippen LogP contribution in [-0.2, 0) is 16.1 Å². The van der Waals surface area contributed by atoms with E-state index in [2.05, 4.69) is 5.32 Å². The number of ether oxygens (including phenoxy) is 2. The zero-order valence-corrected chi connectivity index (χ0v) is 14.0. The first kappa shape index (κ1) is 18.7. The maximum absolute atomic E-state index is 12.3. The van der Waals surface area contributed by atoms with Crippen LogP contribution in [0.3, 0.4) is 0 Å². The van der Waals surface area contributed by atoms with Crippen LogP contribution in [0.2, 0.25) is 0 Å². The minimum Gasteiger partial charge on any atom is -0.497 e. The normalized spacial score (nSPS) is 16.9. The Balaban J connectivity index is 0.00000242. The molecule has 1 aromatic carbocycles. The van der Waals surface area contributed by atoms with Crippen molar-refractivity contribution in [3.8, 4) is 5.75 Å². The van der Waals surface area contributed by atoms with Gasteiger partial charge in [-0.25, -0.2) is 0 Å². The first-order chi connectivity index (χ1) is 10.2. The van der Waals surface area contributed by atoms with Crippen LogP contribution in [0.1, 0.15) is 18.4 Å². The van der Waals surface area contributed by atoms with Crippen molar-refractivity contribution in [3.05, 3.63) is 29.8 Å². The number of hydrogen-bond donors (Lipinski definition) is 1. The van der Waals surface area contributed by atoms with Crippen molar-refractivity contribution in [1.29, 1.82) is 0 Å². The second-order valence-corrected chi connectivity index (χ2v) is 5.29. The summed E-state index contributed by atoms with van der Waals surface area (Å²) in [7, 11) is 3.43. The number of nitrogens with one attached hydrogen (secondary N) is 1. The van der Waals surface area contributed by atoms with Gasteiger partial charge in [-0.1, -0.05) is 12.1 Å². The molecule has 5 nitrogen and oxygen atoms in total. The Morgan fingerprint density at radius 1 is 1.50 bits per heavy atom. The first-order valence-electron chi connectivity index (χ1n) is 7.40. The molecule has 1 N–H and O–H groups in total.